The lowest BCUT2D eigenvalue weighted by atomic mass is 10.5. The maximum atomic E-state index is 10.6. The lowest BCUT2D eigenvalue weighted by molar-refractivity contribution is -0.394. The molecule has 0 saturated heterocycles. The number of nitrogens with zero attached hydrogens (tertiary/aromatic N) is 4. The van der Waals surface area contributed by atoms with Crippen LogP contribution >= 0.6 is 15.9 Å². The van der Waals surface area contributed by atoms with Crippen molar-refractivity contribution in [1.29, 1.82) is 0 Å². The van der Waals surface area contributed by atoms with Crippen LogP contribution in [0.2, 0.25) is 0 Å². The van der Waals surface area contributed by atoms with Gasteiger partial charge in [-0.2, -0.15) is 0 Å². The molecule has 2 aromatic heterocycles. The normalized spacial score (nSPS) is 10.4. The number of aromatic nitrogens is 3. The number of carboxylic acid groups (broad SMARTS) is 1. The quantitative estimate of drug-likeness (QED) is 0.667. The van der Waals surface area contributed by atoms with Crippen LogP contribution in [0.3, 0.4) is 0 Å². The van der Waals surface area contributed by atoms with Crippen molar-refractivity contribution in [3.8, 4) is 5.88 Å². The van der Waals surface area contributed by atoms with Gasteiger partial charge in [-0.1, -0.05) is 4.68 Å². The largest absolute Gasteiger partial charge is 0.492 e. The summed E-state index contributed by atoms with van der Waals surface area (Å²) in [6.07, 6.45) is 0. The Balaban J connectivity index is 2.45. The van der Waals surface area contributed by atoms with Gasteiger partial charge in [-0.3, -0.25) is 0 Å². The molecular formula is C7H3BrN4O5. The molecule has 1 N–H and O–H groups in total. The Kier molecular flexibility index (Phi) is 2.63. The lowest BCUT2D eigenvalue weighted by Gasteiger charge is -1.90. The van der Waals surface area contributed by atoms with E-state index in [1.165, 1.54) is 12.1 Å². The second-order valence-electron chi connectivity index (χ2n) is 2.79. The van der Waals surface area contributed by atoms with E-state index >= 15 is 0 Å². The molecule has 0 aromatic carbocycles. The van der Waals surface area contributed by atoms with Crippen LogP contribution in [0, 0.1) is 10.1 Å². The number of hydrogen-bond donors (Lipinski definition) is 1. The van der Waals surface area contributed by atoms with Crippen molar-refractivity contribution in [2.45, 2.75) is 0 Å². The topological polar surface area (TPSA) is 124 Å². The molecule has 2 aromatic rings. The second-order valence-corrected chi connectivity index (χ2v) is 3.50. The number of carbonyl (C=O) groups is 1. The Bertz CT molecular complexity index is 603. The standard InChI is InChI=1S/C7H3BrN4O5/c8-6-9-7(12(15)16)10-11(6)4-2-1-3(17-4)5(13)14/h1-2H,(H,13,14). The van der Waals surface area contributed by atoms with Gasteiger partial charge in [0.15, 0.2) is 0 Å². The highest BCUT2D eigenvalue weighted by Crippen LogP contribution is 2.19. The Labute approximate surface area is 101 Å². The number of carboxylic acids is 1. The van der Waals surface area contributed by atoms with Crippen molar-refractivity contribution in [1.82, 2.24) is 14.8 Å². The van der Waals surface area contributed by atoms with Crippen LogP contribution in [0.15, 0.2) is 21.3 Å². The summed E-state index contributed by atoms with van der Waals surface area (Å²) >= 11 is 2.95. The van der Waals surface area contributed by atoms with Gasteiger partial charge in [-0.15, -0.1) is 0 Å². The fourth-order valence-electron chi connectivity index (χ4n) is 1.06. The van der Waals surface area contributed by atoms with E-state index in [0.717, 1.165) is 4.68 Å². The fourth-order valence-corrected chi connectivity index (χ4v) is 1.47. The SMILES string of the molecule is O=C(O)c1ccc(-n2nc([N+](=O)[O-])nc2Br)o1. The summed E-state index contributed by atoms with van der Waals surface area (Å²) in [7, 11) is 0. The predicted molar refractivity (Wildman–Crippen MR) is 54.9 cm³/mol. The molecule has 0 aliphatic heterocycles. The van der Waals surface area contributed by atoms with Gasteiger partial charge in [0.25, 0.3) is 4.73 Å². The van der Waals surface area contributed by atoms with E-state index in [1.807, 2.05) is 0 Å². The van der Waals surface area contributed by atoms with Crippen molar-refractivity contribution in [2.24, 2.45) is 0 Å². The van der Waals surface area contributed by atoms with Crippen LogP contribution < -0.4 is 0 Å². The van der Waals surface area contributed by atoms with Gasteiger partial charge in [0.05, 0.1) is 0 Å². The first-order valence-electron chi connectivity index (χ1n) is 4.09. The molecule has 0 radical (unpaired) electrons. The van der Waals surface area contributed by atoms with Crippen LogP contribution in [-0.4, -0.2) is 30.8 Å². The van der Waals surface area contributed by atoms with Crippen molar-refractivity contribution in [2.75, 3.05) is 0 Å². The molecule has 0 bridgehead atoms. The Morgan fingerprint density at radius 2 is 2.29 bits per heavy atom. The minimum atomic E-state index is -1.25. The monoisotopic (exact) mass is 302 g/mol. The van der Waals surface area contributed by atoms with Crippen LogP contribution in [0.25, 0.3) is 5.88 Å². The third-order valence-electron chi connectivity index (χ3n) is 1.73. The molecule has 2 heterocycles. The summed E-state index contributed by atoms with van der Waals surface area (Å²) in [4.78, 5) is 23.7. The molecular weight excluding hydrogens is 300 g/mol. The maximum Gasteiger partial charge on any atom is 0.492 e. The molecule has 2 rings (SSSR count). The van der Waals surface area contributed by atoms with Crippen LogP contribution in [0.4, 0.5) is 5.95 Å². The summed E-state index contributed by atoms with van der Waals surface area (Å²) in [6.45, 7) is 0. The molecule has 10 heteroatoms. The lowest BCUT2D eigenvalue weighted by Crippen LogP contribution is -1.97. The number of rotatable bonds is 3. The van der Waals surface area contributed by atoms with Gasteiger partial charge in [0.2, 0.25) is 11.6 Å². The minimum absolute atomic E-state index is 0.00914. The fraction of sp³-hybridized carbons (Fsp3) is 0. The van der Waals surface area contributed by atoms with Crippen LogP contribution in [0.1, 0.15) is 10.6 Å². The van der Waals surface area contributed by atoms with E-state index in [1.54, 1.807) is 0 Å². The molecule has 17 heavy (non-hydrogen) atoms. The number of nitro groups is 1. The highest BCUT2D eigenvalue weighted by molar-refractivity contribution is 9.10. The Morgan fingerprint density at radius 1 is 1.59 bits per heavy atom. The highest BCUT2D eigenvalue weighted by Gasteiger charge is 2.23. The molecule has 0 unspecified atom stereocenters. The van der Waals surface area contributed by atoms with E-state index in [2.05, 4.69) is 26.0 Å². The van der Waals surface area contributed by atoms with E-state index in [4.69, 9.17) is 9.52 Å². The maximum absolute atomic E-state index is 10.6. The van der Waals surface area contributed by atoms with Crippen molar-refractivity contribution in [3.63, 3.8) is 0 Å². The highest BCUT2D eigenvalue weighted by atomic mass is 79.9. The van der Waals surface area contributed by atoms with Gasteiger partial charge in [0.1, 0.15) is 0 Å². The molecule has 0 aliphatic rings. The Morgan fingerprint density at radius 3 is 2.76 bits per heavy atom. The molecule has 0 fully saturated rings. The van der Waals surface area contributed by atoms with Crippen molar-refractivity contribution in [3.05, 3.63) is 32.7 Å². The zero-order chi connectivity index (χ0) is 12.6. The summed E-state index contributed by atoms with van der Waals surface area (Å²) in [6, 6.07) is 2.52. The zero-order valence-corrected chi connectivity index (χ0v) is 9.49. The van der Waals surface area contributed by atoms with Gasteiger partial charge < -0.3 is 19.6 Å². The molecule has 88 valence electrons. The first-order chi connectivity index (χ1) is 7.99. The van der Waals surface area contributed by atoms with Crippen molar-refractivity contribution >= 4 is 27.8 Å². The van der Waals surface area contributed by atoms with Crippen LogP contribution in [-0.2, 0) is 0 Å². The summed E-state index contributed by atoms with van der Waals surface area (Å²) in [5, 5.41) is 22.6. The molecule has 0 aliphatic carbocycles. The molecule has 0 saturated carbocycles. The Hall–Kier alpha value is -2.23. The average Bonchev–Trinajstić information content (AvgIpc) is 2.83. The first-order valence-corrected chi connectivity index (χ1v) is 4.89. The smallest absolute Gasteiger partial charge is 0.475 e. The molecule has 0 spiro atoms. The minimum Gasteiger partial charge on any atom is -0.475 e. The molecule has 0 atom stereocenters. The van der Waals surface area contributed by atoms with Gasteiger partial charge >= 0.3 is 11.9 Å². The molecule has 0 amide bonds. The summed E-state index contributed by atoms with van der Waals surface area (Å²) < 4.78 is 5.93. The summed E-state index contributed by atoms with van der Waals surface area (Å²) in [5.41, 5.74) is 0. The van der Waals surface area contributed by atoms with E-state index < -0.39 is 16.8 Å². The predicted octanol–water partition coefficient (Wildman–Crippen LogP) is 1.23. The van der Waals surface area contributed by atoms with Crippen LogP contribution in [0.5, 0.6) is 0 Å². The third kappa shape index (κ3) is 2.01. The number of furan rings is 1. The van der Waals surface area contributed by atoms with Crippen molar-refractivity contribution < 1.29 is 19.2 Å². The average molecular weight is 303 g/mol. The van der Waals surface area contributed by atoms with E-state index in [0.29, 0.717) is 0 Å². The number of aromatic carboxylic acids is 1. The van der Waals surface area contributed by atoms with E-state index in [-0.39, 0.29) is 16.4 Å². The number of halogens is 1. The second kappa shape index (κ2) is 3.97. The van der Waals surface area contributed by atoms with Gasteiger partial charge in [-0.25, -0.2) is 4.79 Å². The number of hydrogen-bond acceptors (Lipinski definition) is 6. The zero-order valence-electron chi connectivity index (χ0n) is 7.90. The first kappa shape index (κ1) is 11.3. The molecule has 9 nitrogen and oxygen atoms in total. The third-order valence-corrected chi connectivity index (χ3v) is 2.24. The van der Waals surface area contributed by atoms with Gasteiger partial charge in [-0.05, 0) is 16.0 Å². The van der Waals surface area contributed by atoms with E-state index in [9.17, 15) is 14.9 Å². The summed E-state index contributed by atoms with van der Waals surface area (Å²) in [5.74, 6) is -2.16. The van der Waals surface area contributed by atoms with Gasteiger partial charge in [0, 0.05) is 27.1 Å².